The Bertz CT molecular complexity index is 539. The molecule has 0 aliphatic carbocycles. The summed E-state index contributed by atoms with van der Waals surface area (Å²) >= 11 is 0. The largest absolute Gasteiger partial charge is 0.465 e. The minimum Gasteiger partial charge on any atom is -0.465 e. The van der Waals surface area contributed by atoms with Crippen LogP contribution in [-0.4, -0.2) is 27.5 Å². The van der Waals surface area contributed by atoms with Crippen LogP contribution in [0.2, 0.25) is 0 Å². The molecule has 5 nitrogen and oxygen atoms in total. The van der Waals surface area contributed by atoms with E-state index in [4.69, 9.17) is 0 Å². The van der Waals surface area contributed by atoms with E-state index in [0.717, 1.165) is 12.8 Å². The summed E-state index contributed by atoms with van der Waals surface area (Å²) in [5.41, 5.74) is 0.216. The number of nitrogens with one attached hydrogen (secondary N) is 1. The van der Waals surface area contributed by atoms with Gasteiger partial charge in [0.25, 0.3) is 0 Å². The predicted molar refractivity (Wildman–Crippen MR) is 72.5 cm³/mol. The Hall–Kier alpha value is -1.40. The average Bonchev–Trinajstić information content (AvgIpc) is 2.37. The molecule has 0 unspecified atom stereocenters. The van der Waals surface area contributed by atoms with Gasteiger partial charge in [0.2, 0.25) is 10.0 Å². The SMILES string of the molecule is CCC[C@H](C)NS(=O)(=O)c1cccc(C(=O)OC)c1. The Morgan fingerprint density at radius 3 is 2.68 bits per heavy atom. The number of hydrogen-bond donors (Lipinski definition) is 1. The maximum absolute atomic E-state index is 12.1. The fraction of sp³-hybridized carbons (Fsp3) is 0.462. The van der Waals surface area contributed by atoms with Crippen molar-refractivity contribution in [2.24, 2.45) is 0 Å². The smallest absolute Gasteiger partial charge is 0.337 e. The quantitative estimate of drug-likeness (QED) is 0.811. The summed E-state index contributed by atoms with van der Waals surface area (Å²) in [5.74, 6) is -0.557. The summed E-state index contributed by atoms with van der Waals surface area (Å²) in [7, 11) is -2.35. The first kappa shape index (κ1) is 15.7. The van der Waals surface area contributed by atoms with Gasteiger partial charge < -0.3 is 4.74 Å². The lowest BCUT2D eigenvalue weighted by Gasteiger charge is -2.13. The van der Waals surface area contributed by atoms with Crippen LogP contribution in [0.3, 0.4) is 0 Å². The molecule has 0 saturated carbocycles. The highest BCUT2D eigenvalue weighted by Gasteiger charge is 2.18. The molecule has 0 saturated heterocycles. The van der Waals surface area contributed by atoms with Gasteiger partial charge in [0.05, 0.1) is 17.6 Å². The first-order valence-electron chi connectivity index (χ1n) is 6.11. The van der Waals surface area contributed by atoms with Crippen LogP contribution >= 0.6 is 0 Å². The third-order valence-electron chi connectivity index (χ3n) is 2.64. The predicted octanol–water partition coefficient (Wildman–Crippen LogP) is 1.94. The Kier molecular flexibility index (Phi) is 5.50. The maximum Gasteiger partial charge on any atom is 0.337 e. The zero-order valence-electron chi connectivity index (χ0n) is 11.3. The van der Waals surface area contributed by atoms with E-state index in [1.54, 1.807) is 0 Å². The van der Waals surface area contributed by atoms with Gasteiger partial charge in [-0.25, -0.2) is 17.9 Å². The number of rotatable bonds is 6. The fourth-order valence-electron chi connectivity index (χ4n) is 1.73. The second-order valence-corrected chi connectivity index (χ2v) is 6.04. The second kappa shape index (κ2) is 6.68. The molecule has 0 radical (unpaired) electrons. The van der Waals surface area contributed by atoms with Crippen molar-refractivity contribution in [3.63, 3.8) is 0 Å². The van der Waals surface area contributed by atoms with Crippen molar-refractivity contribution in [1.29, 1.82) is 0 Å². The molecule has 1 aromatic rings. The standard InChI is InChI=1S/C13H19NO4S/c1-4-6-10(2)14-19(16,17)12-8-5-7-11(9-12)13(15)18-3/h5,7-10,14H,4,6H2,1-3H3/t10-/m0/s1. The van der Waals surface area contributed by atoms with Gasteiger partial charge in [0.15, 0.2) is 0 Å². The first-order valence-corrected chi connectivity index (χ1v) is 7.59. The second-order valence-electron chi connectivity index (χ2n) is 4.33. The summed E-state index contributed by atoms with van der Waals surface area (Å²) < 4.78 is 31.4. The zero-order valence-corrected chi connectivity index (χ0v) is 12.2. The summed E-state index contributed by atoms with van der Waals surface area (Å²) in [6, 6.07) is 5.66. The Labute approximate surface area is 114 Å². The van der Waals surface area contributed by atoms with Crippen molar-refractivity contribution in [2.75, 3.05) is 7.11 Å². The van der Waals surface area contributed by atoms with Crippen molar-refractivity contribution < 1.29 is 17.9 Å². The molecule has 0 aromatic heterocycles. The topological polar surface area (TPSA) is 72.5 Å². The van der Waals surface area contributed by atoms with Crippen LogP contribution < -0.4 is 4.72 Å². The van der Waals surface area contributed by atoms with Crippen molar-refractivity contribution in [1.82, 2.24) is 4.72 Å². The Balaban J connectivity index is 2.98. The molecular formula is C13H19NO4S. The maximum atomic E-state index is 12.1. The van der Waals surface area contributed by atoms with Crippen molar-refractivity contribution in [2.45, 2.75) is 37.6 Å². The number of ether oxygens (including phenoxy) is 1. The van der Waals surface area contributed by atoms with E-state index in [1.807, 2.05) is 13.8 Å². The van der Waals surface area contributed by atoms with Crippen LogP contribution in [0.5, 0.6) is 0 Å². The molecule has 1 rings (SSSR count). The van der Waals surface area contributed by atoms with Gasteiger partial charge in [-0.15, -0.1) is 0 Å². The van der Waals surface area contributed by atoms with Gasteiger partial charge in [0.1, 0.15) is 0 Å². The number of sulfonamides is 1. The van der Waals surface area contributed by atoms with E-state index < -0.39 is 16.0 Å². The first-order chi connectivity index (χ1) is 8.90. The molecule has 0 fully saturated rings. The van der Waals surface area contributed by atoms with E-state index in [1.165, 1.54) is 31.4 Å². The molecule has 0 amide bonds. The number of methoxy groups -OCH3 is 1. The van der Waals surface area contributed by atoms with Crippen LogP contribution in [-0.2, 0) is 14.8 Å². The summed E-state index contributed by atoms with van der Waals surface area (Å²) in [6.45, 7) is 3.80. The number of esters is 1. The lowest BCUT2D eigenvalue weighted by atomic mass is 10.2. The number of carbonyl (C=O) groups excluding carboxylic acids is 1. The molecule has 19 heavy (non-hydrogen) atoms. The number of hydrogen-bond acceptors (Lipinski definition) is 4. The monoisotopic (exact) mass is 285 g/mol. The third kappa shape index (κ3) is 4.33. The van der Waals surface area contributed by atoms with Gasteiger partial charge in [0, 0.05) is 6.04 Å². The molecule has 0 bridgehead atoms. The highest BCUT2D eigenvalue weighted by Crippen LogP contribution is 2.13. The van der Waals surface area contributed by atoms with Crippen molar-refractivity contribution >= 4 is 16.0 Å². The Morgan fingerprint density at radius 1 is 1.42 bits per heavy atom. The van der Waals surface area contributed by atoms with Crippen LogP contribution in [0.15, 0.2) is 29.2 Å². The van der Waals surface area contributed by atoms with Crippen molar-refractivity contribution in [3.05, 3.63) is 29.8 Å². The normalized spacial score (nSPS) is 13.0. The lowest BCUT2D eigenvalue weighted by molar-refractivity contribution is 0.0600. The van der Waals surface area contributed by atoms with Crippen LogP contribution in [0.25, 0.3) is 0 Å². The van der Waals surface area contributed by atoms with E-state index in [0.29, 0.717) is 0 Å². The third-order valence-corrected chi connectivity index (χ3v) is 4.23. The summed E-state index contributed by atoms with van der Waals surface area (Å²) in [4.78, 5) is 11.4. The highest BCUT2D eigenvalue weighted by molar-refractivity contribution is 7.89. The van der Waals surface area contributed by atoms with E-state index >= 15 is 0 Å². The molecule has 1 aromatic carbocycles. The van der Waals surface area contributed by atoms with Crippen LogP contribution in [0.4, 0.5) is 0 Å². The van der Waals surface area contributed by atoms with E-state index in [-0.39, 0.29) is 16.5 Å². The zero-order chi connectivity index (χ0) is 14.5. The fourth-order valence-corrected chi connectivity index (χ4v) is 3.06. The molecule has 106 valence electrons. The summed E-state index contributed by atoms with van der Waals surface area (Å²) in [5, 5.41) is 0. The van der Waals surface area contributed by atoms with Crippen LogP contribution in [0, 0.1) is 0 Å². The minimum atomic E-state index is -3.60. The van der Waals surface area contributed by atoms with Crippen molar-refractivity contribution in [3.8, 4) is 0 Å². The van der Waals surface area contributed by atoms with Gasteiger partial charge in [-0.2, -0.15) is 0 Å². The molecule has 6 heteroatoms. The molecule has 0 aliphatic rings. The average molecular weight is 285 g/mol. The summed E-state index contributed by atoms with van der Waals surface area (Å²) in [6.07, 6.45) is 1.65. The Morgan fingerprint density at radius 2 is 2.11 bits per heavy atom. The van der Waals surface area contributed by atoms with Gasteiger partial charge in [-0.05, 0) is 31.5 Å². The molecule has 1 atom stereocenters. The highest BCUT2D eigenvalue weighted by atomic mass is 32.2. The van der Waals surface area contributed by atoms with E-state index in [9.17, 15) is 13.2 Å². The molecule has 1 N–H and O–H groups in total. The van der Waals surface area contributed by atoms with Gasteiger partial charge in [-0.1, -0.05) is 19.4 Å². The molecule has 0 spiro atoms. The molecule has 0 aliphatic heterocycles. The molecular weight excluding hydrogens is 266 g/mol. The number of carbonyl (C=O) groups is 1. The van der Waals surface area contributed by atoms with Gasteiger partial charge in [-0.3, -0.25) is 0 Å². The van der Waals surface area contributed by atoms with Gasteiger partial charge >= 0.3 is 5.97 Å². The molecule has 0 heterocycles. The number of benzene rings is 1. The van der Waals surface area contributed by atoms with E-state index in [2.05, 4.69) is 9.46 Å². The lowest BCUT2D eigenvalue weighted by Crippen LogP contribution is -2.32. The minimum absolute atomic E-state index is 0.0679. The van der Waals surface area contributed by atoms with Crippen LogP contribution in [0.1, 0.15) is 37.0 Å².